The second-order valence-electron chi connectivity index (χ2n) is 4.99. The molecule has 2 aromatic heterocycles. The van der Waals surface area contributed by atoms with Gasteiger partial charge in [0, 0.05) is 37.4 Å². The Balaban J connectivity index is 1.79. The highest BCUT2D eigenvalue weighted by atomic mass is 15.3. The molecule has 1 N–H and O–H groups in total. The monoisotopic (exact) mass is 266 g/mol. The van der Waals surface area contributed by atoms with Crippen LogP contribution in [0.4, 0.5) is 0 Å². The number of aryl methyl sites for hydroxylation is 2. The van der Waals surface area contributed by atoms with Crippen LogP contribution in [0.25, 0.3) is 10.9 Å². The Bertz CT molecular complexity index is 730. The van der Waals surface area contributed by atoms with Crippen molar-refractivity contribution < 1.29 is 0 Å². The lowest BCUT2D eigenvalue weighted by Gasteiger charge is -2.09. The molecule has 0 saturated heterocycles. The lowest BCUT2D eigenvalue weighted by Crippen LogP contribution is -2.15. The van der Waals surface area contributed by atoms with Crippen LogP contribution in [-0.4, -0.2) is 14.8 Å². The van der Waals surface area contributed by atoms with Crippen molar-refractivity contribution in [3.05, 3.63) is 59.5 Å². The first-order chi connectivity index (χ1) is 9.74. The Morgan fingerprint density at radius 3 is 2.80 bits per heavy atom. The van der Waals surface area contributed by atoms with E-state index in [4.69, 9.17) is 0 Å². The summed E-state index contributed by atoms with van der Waals surface area (Å²) in [6, 6.07) is 12.5. The molecule has 0 saturated carbocycles. The van der Waals surface area contributed by atoms with Gasteiger partial charge in [-0.2, -0.15) is 5.10 Å². The molecule has 0 aliphatic heterocycles. The molecule has 4 nitrogen and oxygen atoms in total. The zero-order chi connectivity index (χ0) is 13.9. The van der Waals surface area contributed by atoms with Crippen molar-refractivity contribution in [1.29, 1.82) is 0 Å². The minimum absolute atomic E-state index is 0.812. The third-order valence-electron chi connectivity index (χ3n) is 3.47. The fraction of sp³-hybridized carbons (Fsp3) is 0.250. The first-order valence-electron chi connectivity index (χ1n) is 6.77. The highest BCUT2D eigenvalue weighted by molar-refractivity contribution is 5.82. The van der Waals surface area contributed by atoms with Crippen molar-refractivity contribution in [2.45, 2.75) is 20.0 Å². The van der Waals surface area contributed by atoms with Crippen molar-refractivity contribution in [2.75, 3.05) is 0 Å². The van der Waals surface area contributed by atoms with Crippen LogP contribution in [-0.2, 0) is 20.1 Å². The van der Waals surface area contributed by atoms with Crippen molar-refractivity contribution in [3.8, 4) is 0 Å². The molecule has 0 spiro atoms. The maximum absolute atomic E-state index is 4.57. The number of para-hydroxylation sites is 1. The second kappa shape index (κ2) is 5.43. The summed E-state index contributed by atoms with van der Waals surface area (Å²) in [5, 5.41) is 8.87. The summed E-state index contributed by atoms with van der Waals surface area (Å²) >= 11 is 0. The zero-order valence-electron chi connectivity index (χ0n) is 11.8. The van der Waals surface area contributed by atoms with E-state index >= 15 is 0 Å². The molecule has 0 aliphatic carbocycles. The average Bonchev–Trinajstić information content (AvgIpc) is 2.84. The maximum Gasteiger partial charge on any atom is 0.0708 e. The van der Waals surface area contributed by atoms with Crippen molar-refractivity contribution in [3.63, 3.8) is 0 Å². The van der Waals surface area contributed by atoms with E-state index in [2.05, 4.69) is 39.7 Å². The van der Waals surface area contributed by atoms with Gasteiger partial charge in [-0.05, 0) is 30.7 Å². The quantitative estimate of drug-likeness (QED) is 0.789. The Hall–Kier alpha value is -2.20. The summed E-state index contributed by atoms with van der Waals surface area (Å²) in [4.78, 5) is 4.57. The van der Waals surface area contributed by atoms with E-state index in [9.17, 15) is 0 Å². The number of benzene rings is 1. The van der Waals surface area contributed by atoms with E-state index in [-0.39, 0.29) is 0 Å². The summed E-state index contributed by atoms with van der Waals surface area (Å²) in [6.45, 7) is 3.68. The third kappa shape index (κ3) is 2.56. The van der Waals surface area contributed by atoms with E-state index in [1.807, 2.05) is 37.0 Å². The smallest absolute Gasteiger partial charge is 0.0708 e. The summed E-state index contributed by atoms with van der Waals surface area (Å²) in [6.07, 6.45) is 1.82. The maximum atomic E-state index is 4.57. The predicted molar refractivity (Wildman–Crippen MR) is 80.2 cm³/mol. The van der Waals surface area contributed by atoms with Crippen LogP contribution < -0.4 is 5.32 Å². The standard InChI is InChI=1S/C16H18N4/c1-12-9-13(15-5-3-4-6-16(15)19-12)10-17-11-14-7-8-18-20(14)2/h3-9,17H,10-11H2,1-2H3. The molecule has 3 aromatic rings. The molecule has 0 aliphatic rings. The van der Waals surface area contributed by atoms with Crippen LogP contribution in [0.3, 0.4) is 0 Å². The van der Waals surface area contributed by atoms with Gasteiger partial charge in [0.25, 0.3) is 0 Å². The molecule has 1 aromatic carbocycles. The van der Waals surface area contributed by atoms with Gasteiger partial charge in [0.05, 0.1) is 11.2 Å². The van der Waals surface area contributed by atoms with Gasteiger partial charge in [-0.1, -0.05) is 18.2 Å². The molecule has 4 heteroatoms. The van der Waals surface area contributed by atoms with Gasteiger partial charge in [-0.25, -0.2) is 0 Å². The third-order valence-corrected chi connectivity index (χ3v) is 3.47. The molecule has 0 amide bonds. The molecule has 0 atom stereocenters. The van der Waals surface area contributed by atoms with E-state index in [1.54, 1.807) is 0 Å². The van der Waals surface area contributed by atoms with Crippen LogP contribution in [0.15, 0.2) is 42.6 Å². The number of nitrogens with zero attached hydrogens (tertiary/aromatic N) is 3. The molecule has 20 heavy (non-hydrogen) atoms. The number of rotatable bonds is 4. The van der Waals surface area contributed by atoms with Crippen LogP contribution >= 0.6 is 0 Å². The van der Waals surface area contributed by atoms with Crippen LogP contribution in [0.1, 0.15) is 17.0 Å². The molecular weight excluding hydrogens is 248 g/mol. The molecule has 0 bridgehead atoms. The number of hydrogen-bond donors (Lipinski definition) is 1. The Morgan fingerprint density at radius 2 is 2.00 bits per heavy atom. The summed E-state index contributed by atoms with van der Waals surface area (Å²) in [5.41, 5.74) is 4.58. The topological polar surface area (TPSA) is 42.7 Å². The Labute approximate surface area is 118 Å². The van der Waals surface area contributed by atoms with Gasteiger partial charge in [-0.15, -0.1) is 0 Å². The normalized spacial score (nSPS) is 11.1. The Morgan fingerprint density at radius 1 is 1.15 bits per heavy atom. The number of hydrogen-bond acceptors (Lipinski definition) is 3. The Kier molecular flexibility index (Phi) is 3.48. The predicted octanol–water partition coefficient (Wildman–Crippen LogP) is 2.57. The number of nitrogens with one attached hydrogen (secondary N) is 1. The molecule has 0 unspecified atom stereocenters. The number of pyridine rings is 1. The molecule has 0 radical (unpaired) electrons. The van der Waals surface area contributed by atoms with E-state index in [1.165, 1.54) is 16.6 Å². The van der Waals surface area contributed by atoms with Crippen LogP contribution in [0.2, 0.25) is 0 Å². The fourth-order valence-corrected chi connectivity index (χ4v) is 2.44. The largest absolute Gasteiger partial charge is 0.307 e. The zero-order valence-corrected chi connectivity index (χ0v) is 11.8. The van der Waals surface area contributed by atoms with Gasteiger partial charge in [0.1, 0.15) is 0 Å². The lowest BCUT2D eigenvalue weighted by atomic mass is 10.1. The first kappa shape index (κ1) is 12.8. The molecule has 0 fully saturated rings. The molecular formula is C16H18N4. The molecule has 3 rings (SSSR count). The van der Waals surface area contributed by atoms with Crippen molar-refractivity contribution >= 4 is 10.9 Å². The van der Waals surface area contributed by atoms with Gasteiger partial charge < -0.3 is 5.32 Å². The van der Waals surface area contributed by atoms with E-state index < -0.39 is 0 Å². The molecule has 2 heterocycles. The number of aromatic nitrogens is 3. The minimum Gasteiger partial charge on any atom is -0.307 e. The van der Waals surface area contributed by atoms with Crippen LogP contribution in [0, 0.1) is 6.92 Å². The second-order valence-corrected chi connectivity index (χ2v) is 4.99. The molecule has 102 valence electrons. The van der Waals surface area contributed by atoms with Gasteiger partial charge in [-0.3, -0.25) is 9.67 Å². The highest BCUT2D eigenvalue weighted by Gasteiger charge is 2.04. The summed E-state index contributed by atoms with van der Waals surface area (Å²) < 4.78 is 1.89. The summed E-state index contributed by atoms with van der Waals surface area (Å²) in [5.74, 6) is 0. The van der Waals surface area contributed by atoms with Crippen LogP contribution in [0.5, 0.6) is 0 Å². The van der Waals surface area contributed by atoms with Crippen molar-refractivity contribution in [1.82, 2.24) is 20.1 Å². The first-order valence-corrected chi connectivity index (χ1v) is 6.77. The average molecular weight is 266 g/mol. The van der Waals surface area contributed by atoms with Gasteiger partial charge in [0.2, 0.25) is 0 Å². The minimum atomic E-state index is 0.812. The van der Waals surface area contributed by atoms with Crippen molar-refractivity contribution in [2.24, 2.45) is 7.05 Å². The number of fused-ring (bicyclic) bond motifs is 1. The summed E-state index contributed by atoms with van der Waals surface area (Å²) in [7, 11) is 1.96. The lowest BCUT2D eigenvalue weighted by molar-refractivity contribution is 0.627. The van der Waals surface area contributed by atoms with Gasteiger partial charge in [0.15, 0.2) is 0 Å². The highest BCUT2D eigenvalue weighted by Crippen LogP contribution is 2.18. The van der Waals surface area contributed by atoms with E-state index in [0.29, 0.717) is 0 Å². The van der Waals surface area contributed by atoms with E-state index in [0.717, 1.165) is 24.3 Å². The SMILES string of the molecule is Cc1cc(CNCc2ccnn2C)c2ccccc2n1. The van der Waals surface area contributed by atoms with Gasteiger partial charge >= 0.3 is 0 Å². The fourth-order valence-electron chi connectivity index (χ4n) is 2.44.